The summed E-state index contributed by atoms with van der Waals surface area (Å²) >= 11 is 0.867. The quantitative estimate of drug-likeness (QED) is 0.649. The number of thiocyanates is 1. The van der Waals surface area contributed by atoms with E-state index in [2.05, 4.69) is 10.1 Å². The van der Waals surface area contributed by atoms with Crippen molar-refractivity contribution in [3.8, 4) is 5.40 Å². The molecule has 1 aromatic rings. The number of nitriles is 1. The second-order valence-corrected chi connectivity index (χ2v) is 3.76. The third kappa shape index (κ3) is 4.17. The molecule has 0 fully saturated rings. The zero-order valence-electron chi connectivity index (χ0n) is 9.10. The molecule has 0 unspecified atom stereocenters. The lowest BCUT2D eigenvalue weighted by atomic mass is 10.2. The van der Waals surface area contributed by atoms with Crippen molar-refractivity contribution in [3.05, 3.63) is 29.8 Å². The molecule has 0 aliphatic carbocycles. The highest BCUT2D eigenvalue weighted by atomic mass is 32.2. The van der Waals surface area contributed by atoms with Crippen molar-refractivity contribution in [2.24, 2.45) is 0 Å². The minimum Gasteiger partial charge on any atom is -0.465 e. The highest BCUT2D eigenvalue weighted by molar-refractivity contribution is 8.04. The van der Waals surface area contributed by atoms with E-state index >= 15 is 0 Å². The van der Waals surface area contributed by atoms with Crippen molar-refractivity contribution in [1.29, 1.82) is 5.26 Å². The molecule has 0 bridgehead atoms. The number of esters is 1. The number of hydrogen-bond donors (Lipinski definition) is 1. The van der Waals surface area contributed by atoms with Crippen LogP contribution in [-0.4, -0.2) is 24.7 Å². The summed E-state index contributed by atoms with van der Waals surface area (Å²) in [4.78, 5) is 22.4. The van der Waals surface area contributed by atoms with Gasteiger partial charge >= 0.3 is 5.97 Å². The number of hydrogen-bond acceptors (Lipinski definition) is 5. The Morgan fingerprint density at radius 2 is 2.06 bits per heavy atom. The summed E-state index contributed by atoms with van der Waals surface area (Å²) in [5.74, 6) is -0.611. The van der Waals surface area contributed by atoms with E-state index in [1.54, 1.807) is 24.3 Å². The number of benzene rings is 1. The van der Waals surface area contributed by atoms with Gasteiger partial charge in [0, 0.05) is 5.69 Å². The van der Waals surface area contributed by atoms with Gasteiger partial charge in [-0.25, -0.2) is 4.79 Å². The highest BCUT2D eigenvalue weighted by Crippen LogP contribution is 2.11. The van der Waals surface area contributed by atoms with E-state index in [0.717, 1.165) is 11.8 Å². The molecule has 0 saturated carbocycles. The molecule has 0 heterocycles. The molecule has 0 radical (unpaired) electrons. The van der Waals surface area contributed by atoms with Crippen molar-refractivity contribution in [3.63, 3.8) is 0 Å². The lowest BCUT2D eigenvalue weighted by Crippen LogP contribution is -2.13. The Bertz CT molecular complexity index is 451. The molecule has 1 amide bonds. The Labute approximate surface area is 103 Å². The van der Waals surface area contributed by atoms with Gasteiger partial charge < -0.3 is 10.1 Å². The minimum atomic E-state index is -0.428. The number of methoxy groups -OCH3 is 1. The van der Waals surface area contributed by atoms with Crippen molar-refractivity contribution < 1.29 is 14.3 Å². The summed E-state index contributed by atoms with van der Waals surface area (Å²) in [6.45, 7) is 0. The molecule has 17 heavy (non-hydrogen) atoms. The maximum atomic E-state index is 11.3. The van der Waals surface area contributed by atoms with Crippen LogP contribution in [0.4, 0.5) is 5.69 Å². The molecule has 88 valence electrons. The van der Waals surface area contributed by atoms with Crippen LogP contribution >= 0.6 is 11.8 Å². The second kappa shape index (κ2) is 6.55. The first-order valence-corrected chi connectivity index (χ1v) is 5.65. The molecule has 0 aromatic heterocycles. The molecule has 0 aliphatic rings. The maximum Gasteiger partial charge on any atom is 0.337 e. The Morgan fingerprint density at radius 3 is 2.59 bits per heavy atom. The van der Waals surface area contributed by atoms with Crippen molar-refractivity contribution in [1.82, 2.24) is 0 Å². The Kier molecular flexibility index (Phi) is 5.04. The van der Waals surface area contributed by atoms with Crippen LogP contribution < -0.4 is 5.32 Å². The average molecular weight is 250 g/mol. The van der Waals surface area contributed by atoms with Gasteiger partial charge in [-0.15, -0.1) is 0 Å². The fourth-order valence-electron chi connectivity index (χ4n) is 1.10. The molecular weight excluding hydrogens is 240 g/mol. The summed E-state index contributed by atoms with van der Waals surface area (Å²) < 4.78 is 4.54. The zero-order valence-corrected chi connectivity index (χ0v) is 9.91. The van der Waals surface area contributed by atoms with Gasteiger partial charge in [-0.3, -0.25) is 4.79 Å². The van der Waals surface area contributed by atoms with Crippen molar-refractivity contribution >= 4 is 29.3 Å². The van der Waals surface area contributed by atoms with E-state index < -0.39 is 5.97 Å². The number of nitrogens with zero attached hydrogens (tertiary/aromatic N) is 1. The van der Waals surface area contributed by atoms with E-state index in [1.165, 1.54) is 7.11 Å². The van der Waals surface area contributed by atoms with Crippen molar-refractivity contribution in [2.45, 2.75) is 0 Å². The molecule has 0 spiro atoms. The Balaban J connectivity index is 2.60. The molecule has 1 rings (SSSR count). The van der Waals surface area contributed by atoms with Gasteiger partial charge in [0.2, 0.25) is 5.91 Å². The largest absolute Gasteiger partial charge is 0.465 e. The summed E-state index contributed by atoms with van der Waals surface area (Å²) in [5.41, 5.74) is 0.984. The van der Waals surface area contributed by atoms with Gasteiger partial charge in [-0.05, 0) is 36.0 Å². The van der Waals surface area contributed by atoms with Crippen LogP contribution in [0.5, 0.6) is 0 Å². The van der Waals surface area contributed by atoms with Gasteiger partial charge in [0.05, 0.1) is 18.4 Å². The van der Waals surface area contributed by atoms with Gasteiger partial charge in [0.25, 0.3) is 0 Å². The van der Waals surface area contributed by atoms with Crippen LogP contribution in [0.2, 0.25) is 0 Å². The number of carbonyl (C=O) groups is 2. The molecular formula is C11H10N2O3S. The normalized spacial score (nSPS) is 9.18. The molecule has 6 heteroatoms. The van der Waals surface area contributed by atoms with Crippen LogP contribution in [-0.2, 0) is 9.53 Å². The van der Waals surface area contributed by atoms with Gasteiger partial charge in [0.1, 0.15) is 5.40 Å². The standard InChI is InChI=1S/C11H10N2O3S/c1-16-11(15)8-2-4-9(5-3-8)13-10(14)6-17-7-12/h2-5H,6H2,1H3,(H,13,14). The third-order valence-corrected chi connectivity index (χ3v) is 2.39. The summed E-state index contributed by atoms with van der Waals surface area (Å²) in [6.07, 6.45) is 0. The highest BCUT2D eigenvalue weighted by Gasteiger charge is 2.06. The number of thioether (sulfide) groups is 1. The van der Waals surface area contributed by atoms with Gasteiger partial charge in [-0.2, -0.15) is 5.26 Å². The zero-order chi connectivity index (χ0) is 12.7. The predicted octanol–water partition coefficient (Wildman–Crippen LogP) is 1.63. The smallest absolute Gasteiger partial charge is 0.337 e. The lowest BCUT2D eigenvalue weighted by Gasteiger charge is -2.04. The first-order chi connectivity index (χ1) is 8.17. The molecule has 0 aliphatic heterocycles. The summed E-state index contributed by atoms with van der Waals surface area (Å²) in [7, 11) is 1.30. The molecule has 5 nitrogen and oxygen atoms in total. The summed E-state index contributed by atoms with van der Waals surface area (Å²) in [6, 6.07) is 6.31. The van der Waals surface area contributed by atoms with Crippen LogP contribution in [0.1, 0.15) is 10.4 Å². The molecule has 0 saturated heterocycles. The molecule has 1 N–H and O–H groups in total. The van der Waals surface area contributed by atoms with E-state index in [9.17, 15) is 9.59 Å². The Morgan fingerprint density at radius 1 is 1.41 bits per heavy atom. The maximum absolute atomic E-state index is 11.3. The van der Waals surface area contributed by atoms with Crippen LogP contribution in [0.25, 0.3) is 0 Å². The minimum absolute atomic E-state index is 0.0786. The van der Waals surface area contributed by atoms with E-state index in [-0.39, 0.29) is 11.7 Å². The lowest BCUT2D eigenvalue weighted by molar-refractivity contribution is -0.113. The number of nitrogens with one attached hydrogen (secondary N) is 1. The predicted molar refractivity (Wildman–Crippen MR) is 64.5 cm³/mol. The number of carbonyl (C=O) groups excluding carboxylic acids is 2. The van der Waals surface area contributed by atoms with Gasteiger partial charge in [0.15, 0.2) is 0 Å². The third-order valence-electron chi connectivity index (χ3n) is 1.86. The van der Waals surface area contributed by atoms with E-state index in [0.29, 0.717) is 11.3 Å². The van der Waals surface area contributed by atoms with E-state index in [1.807, 2.05) is 5.40 Å². The topological polar surface area (TPSA) is 79.2 Å². The fraction of sp³-hybridized carbons (Fsp3) is 0.182. The number of ether oxygens (including phenoxy) is 1. The fourth-order valence-corrected chi connectivity index (χ4v) is 1.37. The summed E-state index contributed by atoms with van der Waals surface area (Å²) in [5, 5.41) is 12.7. The van der Waals surface area contributed by atoms with Crippen LogP contribution in [0.15, 0.2) is 24.3 Å². The van der Waals surface area contributed by atoms with Crippen LogP contribution in [0, 0.1) is 10.7 Å². The molecule has 1 aromatic carbocycles. The monoisotopic (exact) mass is 250 g/mol. The number of anilines is 1. The van der Waals surface area contributed by atoms with Gasteiger partial charge in [-0.1, -0.05) is 0 Å². The SMILES string of the molecule is COC(=O)c1ccc(NC(=O)CSC#N)cc1. The van der Waals surface area contributed by atoms with E-state index in [4.69, 9.17) is 5.26 Å². The second-order valence-electron chi connectivity index (χ2n) is 3.00. The Hall–Kier alpha value is -2.00. The van der Waals surface area contributed by atoms with Crippen LogP contribution in [0.3, 0.4) is 0 Å². The first kappa shape index (κ1) is 13.1. The van der Waals surface area contributed by atoms with Crippen molar-refractivity contribution in [2.75, 3.05) is 18.2 Å². The number of rotatable bonds is 4. The average Bonchev–Trinajstić information content (AvgIpc) is 2.36. The first-order valence-electron chi connectivity index (χ1n) is 4.66. The molecule has 0 atom stereocenters. The number of amides is 1.